The lowest BCUT2D eigenvalue weighted by molar-refractivity contribution is 0.0668. The number of carbonyl (C=O) groups excluding carboxylic acids is 1. The largest absolute Gasteiger partial charge is 0.451 e. The molecule has 2 aromatic heterocycles. The second-order valence-corrected chi connectivity index (χ2v) is 7.57. The summed E-state index contributed by atoms with van der Waals surface area (Å²) in [4.78, 5) is 19.3. The Kier molecular flexibility index (Phi) is 4.64. The minimum Gasteiger partial charge on any atom is -0.451 e. The lowest BCUT2D eigenvalue weighted by Gasteiger charge is -2.30. The number of rotatable bonds is 4. The zero-order valence-corrected chi connectivity index (χ0v) is 16.1. The SMILES string of the molecule is O=C(c1cc2ccccc2o1)N1CCC[C@H](c2ncc(Cc3ccccc3)o2)C1. The van der Waals surface area contributed by atoms with Gasteiger partial charge in [-0.2, -0.15) is 0 Å². The maximum atomic E-state index is 13.0. The number of likely N-dealkylation sites (tertiary alicyclic amines) is 1. The fourth-order valence-corrected chi connectivity index (χ4v) is 4.00. The van der Waals surface area contributed by atoms with Crippen LogP contribution in [0, 0.1) is 0 Å². The topological polar surface area (TPSA) is 59.5 Å². The van der Waals surface area contributed by atoms with Gasteiger partial charge < -0.3 is 13.7 Å². The summed E-state index contributed by atoms with van der Waals surface area (Å²) in [5.74, 6) is 2.01. The van der Waals surface area contributed by atoms with Gasteiger partial charge in [-0.1, -0.05) is 48.5 Å². The molecule has 3 heterocycles. The van der Waals surface area contributed by atoms with Crippen LogP contribution in [0.25, 0.3) is 11.0 Å². The third kappa shape index (κ3) is 3.68. The van der Waals surface area contributed by atoms with E-state index in [1.54, 1.807) is 0 Å². The standard InChI is InChI=1S/C24H22N2O3/c27-24(22-14-18-9-4-5-11-21(18)29-22)26-12-6-10-19(16-26)23-25-15-20(28-23)13-17-7-2-1-3-8-17/h1-5,7-9,11,14-15,19H,6,10,12-13,16H2/t19-/m0/s1. The number of fused-ring (bicyclic) bond motifs is 1. The molecule has 0 N–H and O–H groups in total. The molecule has 146 valence electrons. The molecule has 1 atom stereocenters. The summed E-state index contributed by atoms with van der Waals surface area (Å²) in [5, 5.41) is 0.947. The molecule has 0 spiro atoms. The highest BCUT2D eigenvalue weighted by atomic mass is 16.4. The van der Waals surface area contributed by atoms with Crippen LogP contribution in [0.4, 0.5) is 0 Å². The molecule has 0 saturated carbocycles. The highest BCUT2D eigenvalue weighted by Gasteiger charge is 2.29. The summed E-state index contributed by atoms with van der Waals surface area (Å²) in [6.07, 6.45) is 4.42. The van der Waals surface area contributed by atoms with Crippen LogP contribution in [-0.2, 0) is 6.42 Å². The molecule has 0 aliphatic carbocycles. The number of para-hydroxylation sites is 1. The lowest BCUT2D eigenvalue weighted by atomic mass is 9.98. The highest BCUT2D eigenvalue weighted by Crippen LogP contribution is 2.29. The van der Waals surface area contributed by atoms with Gasteiger partial charge in [0, 0.05) is 24.9 Å². The van der Waals surface area contributed by atoms with Crippen LogP contribution >= 0.6 is 0 Å². The maximum Gasteiger partial charge on any atom is 0.289 e. The van der Waals surface area contributed by atoms with Gasteiger partial charge in [-0.3, -0.25) is 4.79 Å². The number of amides is 1. The molecule has 1 saturated heterocycles. The number of benzene rings is 2. The van der Waals surface area contributed by atoms with Crippen molar-refractivity contribution in [3.05, 3.63) is 89.8 Å². The number of piperidine rings is 1. The number of oxazole rings is 1. The predicted octanol–water partition coefficient (Wildman–Crippen LogP) is 5.03. The molecule has 1 aliphatic heterocycles. The summed E-state index contributed by atoms with van der Waals surface area (Å²) in [7, 11) is 0. The van der Waals surface area contributed by atoms with Crippen molar-refractivity contribution in [3.63, 3.8) is 0 Å². The number of aromatic nitrogens is 1. The van der Waals surface area contributed by atoms with Gasteiger partial charge in [0.05, 0.1) is 12.1 Å². The molecule has 1 fully saturated rings. The predicted molar refractivity (Wildman–Crippen MR) is 110 cm³/mol. The number of hydrogen-bond acceptors (Lipinski definition) is 4. The number of nitrogens with zero attached hydrogens (tertiary/aromatic N) is 2. The second-order valence-electron chi connectivity index (χ2n) is 7.57. The zero-order valence-electron chi connectivity index (χ0n) is 16.1. The Labute approximate surface area is 169 Å². The van der Waals surface area contributed by atoms with E-state index in [9.17, 15) is 4.79 Å². The Morgan fingerprint density at radius 2 is 1.90 bits per heavy atom. The van der Waals surface area contributed by atoms with Gasteiger partial charge in [-0.05, 0) is 30.5 Å². The molecule has 5 rings (SSSR count). The maximum absolute atomic E-state index is 13.0. The highest BCUT2D eigenvalue weighted by molar-refractivity contribution is 5.96. The van der Waals surface area contributed by atoms with Crippen LogP contribution in [0.15, 0.2) is 75.7 Å². The van der Waals surface area contributed by atoms with Gasteiger partial charge in [-0.25, -0.2) is 4.98 Å². The van der Waals surface area contributed by atoms with E-state index in [1.165, 1.54) is 5.56 Å². The quantitative estimate of drug-likeness (QED) is 0.493. The van der Waals surface area contributed by atoms with E-state index in [0.29, 0.717) is 12.3 Å². The lowest BCUT2D eigenvalue weighted by Crippen LogP contribution is -2.39. The molecule has 0 radical (unpaired) electrons. The Morgan fingerprint density at radius 3 is 2.76 bits per heavy atom. The van der Waals surface area contributed by atoms with Gasteiger partial charge in [0.25, 0.3) is 5.91 Å². The van der Waals surface area contributed by atoms with Crippen LogP contribution < -0.4 is 0 Å². The van der Waals surface area contributed by atoms with E-state index in [0.717, 1.165) is 48.4 Å². The van der Waals surface area contributed by atoms with Crippen molar-refractivity contribution < 1.29 is 13.6 Å². The summed E-state index contributed by atoms with van der Waals surface area (Å²) < 4.78 is 11.8. The molecule has 1 amide bonds. The average Bonchev–Trinajstić information content (AvgIpc) is 3.41. The van der Waals surface area contributed by atoms with E-state index in [2.05, 4.69) is 17.1 Å². The Hall–Kier alpha value is -3.34. The average molecular weight is 386 g/mol. The number of carbonyl (C=O) groups is 1. The Morgan fingerprint density at radius 1 is 1.07 bits per heavy atom. The van der Waals surface area contributed by atoms with Gasteiger partial charge in [0.2, 0.25) is 0 Å². The van der Waals surface area contributed by atoms with E-state index < -0.39 is 0 Å². The molecular weight excluding hydrogens is 364 g/mol. The molecule has 0 unspecified atom stereocenters. The Balaban J connectivity index is 1.30. The molecule has 5 heteroatoms. The second kappa shape index (κ2) is 7.59. The van der Waals surface area contributed by atoms with Gasteiger partial charge in [0.15, 0.2) is 11.7 Å². The molecule has 29 heavy (non-hydrogen) atoms. The minimum absolute atomic E-state index is 0.0676. The first-order valence-corrected chi connectivity index (χ1v) is 10.0. The number of furan rings is 1. The minimum atomic E-state index is -0.0676. The Bertz CT molecular complexity index is 1100. The van der Waals surface area contributed by atoms with E-state index >= 15 is 0 Å². The first-order valence-electron chi connectivity index (χ1n) is 10.0. The molecule has 1 aliphatic rings. The van der Waals surface area contributed by atoms with Crippen molar-refractivity contribution in [2.75, 3.05) is 13.1 Å². The van der Waals surface area contributed by atoms with Gasteiger partial charge in [-0.15, -0.1) is 0 Å². The molecule has 5 nitrogen and oxygen atoms in total. The van der Waals surface area contributed by atoms with E-state index in [1.807, 2.05) is 59.6 Å². The fraction of sp³-hybridized carbons (Fsp3) is 0.250. The van der Waals surface area contributed by atoms with Crippen molar-refractivity contribution in [2.45, 2.75) is 25.2 Å². The third-order valence-corrected chi connectivity index (χ3v) is 5.49. The summed E-state index contributed by atoms with van der Waals surface area (Å²) in [6.45, 7) is 1.32. The first kappa shape index (κ1) is 17.7. The van der Waals surface area contributed by atoms with Gasteiger partial charge in [0.1, 0.15) is 11.3 Å². The van der Waals surface area contributed by atoms with Crippen LogP contribution in [0.1, 0.15) is 46.5 Å². The van der Waals surface area contributed by atoms with Crippen LogP contribution in [0.3, 0.4) is 0 Å². The van der Waals surface area contributed by atoms with Crippen LogP contribution in [0.5, 0.6) is 0 Å². The van der Waals surface area contributed by atoms with Crippen molar-refractivity contribution in [3.8, 4) is 0 Å². The van der Waals surface area contributed by atoms with E-state index in [-0.39, 0.29) is 11.8 Å². The van der Waals surface area contributed by atoms with E-state index in [4.69, 9.17) is 8.83 Å². The first-order chi connectivity index (χ1) is 14.3. The normalized spacial score (nSPS) is 17.0. The summed E-state index contributed by atoms with van der Waals surface area (Å²) in [5.41, 5.74) is 1.93. The number of hydrogen-bond donors (Lipinski definition) is 0. The molecular formula is C24H22N2O3. The molecule has 0 bridgehead atoms. The van der Waals surface area contributed by atoms with Crippen molar-refractivity contribution in [1.82, 2.24) is 9.88 Å². The van der Waals surface area contributed by atoms with Crippen molar-refractivity contribution >= 4 is 16.9 Å². The summed E-state index contributed by atoms with van der Waals surface area (Å²) >= 11 is 0. The van der Waals surface area contributed by atoms with Crippen molar-refractivity contribution in [2.24, 2.45) is 0 Å². The zero-order chi connectivity index (χ0) is 19.6. The fourth-order valence-electron chi connectivity index (χ4n) is 4.00. The van der Waals surface area contributed by atoms with Gasteiger partial charge >= 0.3 is 0 Å². The third-order valence-electron chi connectivity index (χ3n) is 5.49. The van der Waals surface area contributed by atoms with Crippen LogP contribution in [0.2, 0.25) is 0 Å². The smallest absolute Gasteiger partial charge is 0.289 e. The van der Waals surface area contributed by atoms with Crippen LogP contribution in [-0.4, -0.2) is 28.9 Å². The van der Waals surface area contributed by atoms with Crippen molar-refractivity contribution in [1.29, 1.82) is 0 Å². The molecule has 2 aromatic carbocycles. The monoisotopic (exact) mass is 386 g/mol. The summed E-state index contributed by atoms with van der Waals surface area (Å²) in [6, 6.07) is 19.7. The molecule has 4 aromatic rings.